The van der Waals surface area contributed by atoms with Crippen LogP contribution in [0.3, 0.4) is 0 Å². The van der Waals surface area contributed by atoms with Gasteiger partial charge in [0.1, 0.15) is 0 Å². The summed E-state index contributed by atoms with van der Waals surface area (Å²) in [5.41, 5.74) is 0.137. The van der Waals surface area contributed by atoms with E-state index in [0.717, 1.165) is 12.8 Å². The van der Waals surface area contributed by atoms with Crippen molar-refractivity contribution in [1.82, 2.24) is 0 Å². The van der Waals surface area contributed by atoms with Gasteiger partial charge in [-0.1, -0.05) is 57.2 Å². The van der Waals surface area contributed by atoms with Crippen LogP contribution in [0.25, 0.3) is 0 Å². The van der Waals surface area contributed by atoms with Crippen LogP contribution in [0.15, 0.2) is 30.3 Å². The number of carboxylic acid groups (broad SMARTS) is 1. The summed E-state index contributed by atoms with van der Waals surface area (Å²) in [6, 6.07) is 7.93. The van der Waals surface area contributed by atoms with Crippen LogP contribution in [0.5, 0.6) is 0 Å². The molecule has 1 aromatic rings. The van der Waals surface area contributed by atoms with E-state index in [-0.39, 0.29) is 5.69 Å². The molecule has 1 N–H and O–H groups in total. The molecule has 112 valence electrons. The molecule has 0 spiro atoms. The molecule has 0 heterocycles. The molecule has 0 fully saturated rings. The lowest BCUT2D eigenvalue weighted by Crippen LogP contribution is -1.93. The van der Waals surface area contributed by atoms with Gasteiger partial charge >= 0.3 is 5.97 Å². The van der Waals surface area contributed by atoms with Crippen LogP contribution in [-0.2, 0) is 4.79 Å². The van der Waals surface area contributed by atoms with Crippen molar-refractivity contribution in [3.8, 4) is 0 Å². The molecular weight excluding hydrogens is 258 g/mol. The fourth-order valence-electron chi connectivity index (χ4n) is 1.61. The summed E-state index contributed by atoms with van der Waals surface area (Å²) in [7, 11) is 0. The van der Waals surface area contributed by atoms with Crippen molar-refractivity contribution in [2.24, 2.45) is 0 Å². The highest BCUT2D eigenvalue weighted by molar-refractivity contribution is 5.66. The summed E-state index contributed by atoms with van der Waals surface area (Å²) in [5, 5.41) is 18.3. The SMILES string of the molecule is CCCCCCCCC(=O)O.O=[N+]([O-])c1ccccc1. The Morgan fingerprint density at radius 1 is 1.10 bits per heavy atom. The lowest BCUT2D eigenvalue weighted by atomic mass is 10.1. The molecule has 0 bridgehead atoms. The van der Waals surface area contributed by atoms with Crippen molar-refractivity contribution < 1.29 is 14.8 Å². The average molecular weight is 281 g/mol. The number of unbranched alkanes of at least 4 members (excludes halogenated alkanes) is 5. The predicted octanol–water partition coefficient (Wildman–Crippen LogP) is 4.42. The molecule has 20 heavy (non-hydrogen) atoms. The van der Waals surface area contributed by atoms with Crippen LogP contribution < -0.4 is 0 Å². The van der Waals surface area contributed by atoms with Gasteiger partial charge in [0.05, 0.1) is 4.92 Å². The third-order valence-electron chi connectivity index (χ3n) is 2.71. The van der Waals surface area contributed by atoms with Crippen LogP contribution in [0.2, 0.25) is 0 Å². The molecule has 5 nitrogen and oxygen atoms in total. The third kappa shape index (κ3) is 11.2. The van der Waals surface area contributed by atoms with Crippen LogP contribution in [0.4, 0.5) is 5.69 Å². The highest BCUT2D eigenvalue weighted by Crippen LogP contribution is 2.07. The van der Waals surface area contributed by atoms with E-state index in [1.54, 1.807) is 18.2 Å². The van der Waals surface area contributed by atoms with Gasteiger partial charge in [0, 0.05) is 18.6 Å². The topological polar surface area (TPSA) is 80.4 Å². The molecule has 0 amide bonds. The summed E-state index contributed by atoms with van der Waals surface area (Å²) >= 11 is 0. The van der Waals surface area contributed by atoms with Gasteiger partial charge in [0.2, 0.25) is 0 Å². The van der Waals surface area contributed by atoms with E-state index in [2.05, 4.69) is 6.92 Å². The number of non-ortho nitro benzene ring substituents is 1. The van der Waals surface area contributed by atoms with Crippen LogP contribution in [-0.4, -0.2) is 16.0 Å². The highest BCUT2D eigenvalue weighted by Gasteiger charge is 1.98. The first-order chi connectivity index (χ1) is 9.57. The Bertz CT molecular complexity index is 379. The third-order valence-corrected chi connectivity index (χ3v) is 2.71. The van der Waals surface area contributed by atoms with Gasteiger partial charge in [-0.25, -0.2) is 0 Å². The minimum Gasteiger partial charge on any atom is -0.481 e. The van der Waals surface area contributed by atoms with Gasteiger partial charge < -0.3 is 5.11 Å². The summed E-state index contributed by atoms with van der Waals surface area (Å²) < 4.78 is 0. The molecule has 0 saturated carbocycles. The van der Waals surface area contributed by atoms with Gasteiger partial charge in [0.25, 0.3) is 5.69 Å². The number of aliphatic carboxylic acids is 1. The highest BCUT2D eigenvalue weighted by atomic mass is 16.6. The van der Waals surface area contributed by atoms with Gasteiger partial charge in [-0.2, -0.15) is 0 Å². The summed E-state index contributed by atoms with van der Waals surface area (Å²) in [4.78, 5) is 19.7. The monoisotopic (exact) mass is 281 g/mol. The quantitative estimate of drug-likeness (QED) is 0.434. The molecule has 0 aliphatic carbocycles. The molecule has 0 saturated heterocycles. The number of nitro groups is 1. The maximum Gasteiger partial charge on any atom is 0.303 e. The summed E-state index contributed by atoms with van der Waals surface area (Å²) in [6.45, 7) is 2.18. The number of carbonyl (C=O) groups is 1. The van der Waals surface area contributed by atoms with E-state index in [9.17, 15) is 14.9 Å². The summed E-state index contributed by atoms with van der Waals surface area (Å²) in [5.74, 6) is -0.666. The van der Waals surface area contributed by atoms with Crippen LogP contribution in [0, 0.1) is 10.1 Å². The number of para-hydroxylation sites is 1. The Balaban J connectivity index is 0.000000367. The minimum absolute atomic E-state index is 0.137. The Kier molecular flexibility index (Phi) is 11.0. The molecule has 0 unspecified atom stereocenters. The second kappa shape index (κ2) is 12.1. The van der Waals surface area contributed by atoms with E-state index >= 15 is 0 Å². The zero-order chi connectivity index (χ0) is 15.2. The van der Waals surface area contributed by atoms with E-state index < -0.39 is 10.9 Å². The molecule has 0 aliphatic rings. The number of benzene rings is 1. The van der Waals surface area contributed by atoms with E-state index in [4.69, 9.17) is 5.11 Å². The first-order valence-electron chi connectivity index (χ1n) is 6.99. The zero-order valence-electron chi connectivity index (χ0n) is 12.0. The smallest absolute Gasteiger partial charge is 0.303 e. The van der Waals surface area contributed by atoms with E-state index in [1.807, 2.05) is 0 Å². The van der Waals surface area contributed by atoms with Crippen LogP contribution in [0.1, 0.15) is 51.9 Å². The van der Waals surface area contributed by atoms with Crippen molar-refractivity contribution in [2.75, 3.05) is 0 Å². The molecule has 0 atom stereocenters. The molecule has 0 aliphatic heterocycles. The van der Waals surface area contributed by atoms with E-state index in [1.165, 1.54) is 37.8 Å². The fraction of sp³-hybridized carbons (Fsp3) is 0.533. The lowest BCUT2D eigenvalue weighted by molar-refractivity contribution is -0.384. The second-order valence-electron chi connectivity index (χ2n) is 4.50. The molecule has 1 aromatic carbocycles. The van der Waals surface area contributed by atoms with Crippen molar-refractivity contribution >= 4 is 11.7 Å². The number of nitrogens with zero attached hydrogens (tertiary/aromatic N) is 1. The first-order valence-corrected chi connectivity index (χ1v) is 6.99. The minimum atomic E-state index is -0.666. The maximum absolute atomic E-state index is 10.1. The van der Waals surface area contributed by atoms with Gasteiger partial charge in [0.15, 0.2) is 0 Å². The Hall–Kier alpha value is -1.91. The number of carboxylic acids is 1. The van der Waals surface area contributed by atoms with Crippen molar-refractivity contribution in [3.63, 3.8) is 0 Å². The molecule has 1 rings (SSSR count). The van der Waals surface area contributed by atoms with Crippen molar-refractivity contribution in [2.45, 2.75) is 51.9 Å². The Morgan fingerprint density at radius 3 is 2.10 bits per heavy atom. The van der Waals surface area contributed by atoms with Crippen molar-refractivity contribution in [3.05, 3.63) is 40.4 Å². The maximum atomic E-state index is 10.1. The summed E-state index contributed by atoms with van der Waals surface area (Å²) in [6.07, 6.45) is 7.25. The zero-order valence-corrected chi connectivity index (χ0v) is 12.0. The fourth-order valence-corrected chi connectivity index (χ4v) is 1.61. The standard InChI is InChI=1S/C9H18O2.C6H5NO2/c1-2-3-4-5-6-7-8-9(10)11;8-7(9)6-4-2-1-3-5-6/h2-8H2,1H3,(H,10,11);1-5H. The Morgan fingerprint density at radius 2 is 1.65 bits per heavy atom. The molecule has 0 aromatic heterocycles. The normalized spacial score (nSPS) is 9.45. The van der Waals surface area contributed by atoms with Crippen molar-refractivity contribution in [1.29, 1.82) is 0 Å². The largest absolute Gasteiger partial charge is 0.481 e. The lowest BCUT2D eigenvalue weighted by Gasteiger charge is -1.97. The molecule has 0 radical (unpaired) electrons. The Labute approximate surface area is 119 Å². The number of hydrogen-bond acceptors (Lipinski definition) is 3. The molecular formula is C15H23NO4. The first kappa shape index (κ1) is 18.1. The van der Waals surface area contributed by atoms with E-state index in [0.29, 0.717) is 6.42 Å². The van der Waals surface area contributed by atoms with Gasteiger partial charge in [-0.15, -0.1) is 0 Å². The average Bonchev–Trinajstić information content (AvgIpc) is 2.44. The number of hydrogen-bond donors (Lipinski definition) is 1. The van der Waals surface area contributed by atoms with Crippen LogP contribution >= 0.6 is 0 Å². The second-order valence-corrected chi connectivity index (χ2v) is 4.50. The number of rotatable bonds is 8. The predicted molar refractivity (Wildman–Crippen MR) is 78.7 cm³/mol. The van der Waals surface area contributed by atoms with Gasteiger partial charge in [-0.05, 0) is 6.42 Å². The number of nitro benzene ring substituents is 1. The molecule has 5 heteroatoms. The van der Waals surface area contributed by atoms with Gasteiger partial charge in [-0.3, -0.25) is 14.9 Å².